The number of methoxy groups -OCH3 is 1. The number of aryl methyl sites for hydroxylation is 1. The van der Waals surface area contributed by atoms with Crippen LogP contribution in [0.3, 0.4) is 0 Å². The summed E-state index contributed by atoms with van der Waals surface area (Å²) in [6.45, 7) is 6.50. The van der Waals surface area contributed by atoms with Crippen LogP contribution in [-0.2, 0) is 6.42 Å². The number of carbonyl (C=O) groups is 1. The summed E-state index contributed by atoms with van der Waals surface area (Å²) in [5, 5.41) is 3.04. The highest BCUT2D eigenvalue weighted by Crippen LogP contribution is 2.19. The van der Waals surface area contributed by atoms with Crippen molar-refractivity contribution in [1.29, 1.82) is 0 Å². The molecule has 24 heavy (non-hydrogen) atoms. The Hall–Kier alpha value is -2.49. The van der Waals surface area contributed by atoms with Gasteiger partial charge in [0.25, 0.3) is 5.91 Å². The standard InChI is InChI=1S/C20H25NO3/c1-5-24-19-10-9-17(11-14(19)2)20(22)21-15(3)12-16-7-6-8-18(13-16)23-4/h6-11,13,15H,5,12H2,1-4H3,(H,21,22). The third-order valence-corrected chi connectivity index (χ3v) is 3.79. The van der Waals surface area contributed by atoms with Gasteiger partial charge in [0.15, 0.2) is 0 Å². The molecular weight excluding hydrogens is 302 g/mol. The van der Waals surface area contributed by atoms with Crippen molar-refractivity contribution >= 4 is 5.91 Å². The first-order valence-electron chi connectivity index (χ1n) is 8.20. The summed E-state index contributed by atoms with van der Waals surface area (Å²) < 4.78 is 10.7. The van der Waals surface area contributed by atoms with E-state index in [9.17, 15) is 4.79 Å². The number of ether oxygens (including phenoxy) is 2. The predicted octanol–water partition coefficient (Wildman–Crippen LogP) is 3.76. The maximum atomic E-state index is 12.4. The van der Waals surface area contributed by atoms with E-state index in [1.807, 2.05) is 57.2 Å². The van der Waals surface area contributed by atoms with Gasteiger partial charge in [-0.1, -0.05) is 12.1 Å². The van der Waals surface area contributed by atoms with E-state index in [0.29, 0.717) is 12.2 Å². The summed E-state index contributed by atoms with van der Waals surface area (Å²) in [4.78, 5) is 12.4. The minimum atomic E-state index is -0.0726. The van der Waals surface area contributed by atoms with Crippen LogP contribution in [0.4, 0.5) is 0 Å². The number of nitrogens with one attached hydrogen (secondary N) is 1. The molecule has 2 aromatic carbocycles. The molecule has 2 rings (SSSR count). The van der Waals surface area contributed by atoms with Crippen LogP contribution >= 0.6 is 0 Å². The minimum absolute atomic E-state index is 0.0245. The molecule has 0 aliphatic rings. The normalized spacial score (nSPS) is 11.7. The first-order chi connectivity index (χ1) is 11.5. The average molecular weight is 327 g/mol. The van der Waals surface area contributed by atoms with Crippen LogP contribution in [0.1, 0.15) is 35.3 Å². The largest absolute Gasteiger partial charge is 0.497 e. The van der Waals surface area contributed by atoms with Crippen molar-refractivity contribution in [1.82, 2.24) is 5.32 Å². The molecule has 1 amide bonds. The van der Waals surface area contributed by atoms with Crippen LogP contribution in [-0.4, -0.2) is 25.7 Å². The monoisotopic (exact) mass is 327 g/mol. The highest BCUT2D eigenvalue weighted by atomic mass is 16.5. The second-order valence-corrected chi connectivity index (χ2v) is 5.84. The molecular formula is C20H25NO3. The van der Waals surface area contributed by atoms with Crippen molar-refractivity contribution < 1.29 is 14.3 Å². The zero-order valence-electron chi connectivity index (χ0n) is 14.8. The molecule has 0 aliphatic carbocycles. The van der Waals surface area contributed by atoms with E-state index in [1.165, 1.54) is 0 Å². The van der Waals surface area contributed by atoms with Gasteiger partial charge in [-0.15, -0.1) is 0 Å². The van der Waals surface area contributed by atoms with Gasteiger partial charge in [0.1, 0.15) is 11.5 Å². The lowest BCUT2D eigenvalue weighted by molar-refractivity contribution is 0.0940. The average Bonchev–Trinajstić information content (AvgIpc) is 2.56. The molecule has 0 bridgehead atoms. The topological polar surface area (TPSA) is 47.6 Å². The fourth-order valence-corrected chi connectivity index (χ4v) is 2.62. The lowest BCUT2D eigenvalue weighted by atomic mass is 10.1. The molecule has 0 saturated carbocycles. The van der Waals surface area contributed by atoms with Gasteiger partial charge in [-0.25, -0.2) is 0 Å². The molecule has 0 heterocycles. The Labute approximate surface area is 143 Å². The molecule has 4 nitrogen and oxygen atoms in total. The van der Waals surface area contributed by atoms with Gasteiger partial charge >= 0.3 is 0 Å². The van der Waals surface area contributed by atoms with Gasteiger partial charge in [-0.05, 0) is 68.7 Å². The maximum Gasteiger partial charge on any atom is 0.251 e. The summed E-state index contributed by atoms with van der Waals surface area (Å²) in [6, 6.07) is 13.4. The molecule has 0 spiro atoms. The van der Waals surface area contributed by atoms with Crippen LogP contribution in [0.15, 0.2) is 42.5 Å². The van der Waals surface area contributed by atoms with Crippen molar-refractivity contribution in [2.45, 2.75) is 33.2 Å². The maximum absolute atomic E-state index is 12.4. The summed E-state index contributed by atoms with van der Waals surface area (Å²) in [6.07, 6.45) is 0.749. The van der Waals surface area contributed by atoms with E-state index in [-0.39, 0.29) is 11.9 Å². The van der Waals surface area contributed by atoms with Crippen LogP contribution in [0.5, 0.6) is 11.5 Å². The number of benzene rings is 2. The van der Waals surface area contributed by atoms with E-state index in [4.69, 9.17) is 9.47 Å². The quantitative estimate of drug-likeness (QED) is 0.842. The van der Waals surface area contributed by atoms with Gasteiger partial charge in [0.2, 0.25) is 0 Å². The van der Waals surface area contributed by atoms with Gasteiger partial charge in [0, 0.05) is 11.6 Å². The van der Waals surface area contributed by atoms with E-state index >= 15 is 0 Å². The summed E-state index contributed by atoms with van der Waals surface area (Å²) >= 11 is 0. The van der Waals surface area contributed by atoms with Gasteiger partial charge < -0.3 is 14.8 Å². The number of amides is 1. The molecule has 0 aliphatic heterocycles. The molecule has 1 unspecified atom stereocenters. The number of rotatable bonds is 7. The zero-order valence-corrected chi connectivity index (χ0v) is 14.8. The van der Waals surface area contributed by atoms with Crippen molar-refractivity contribution in [3.63, 3.8) is 0 Å². The van der Waals surface area contributed by atoms with E-state index < -0.39 is 0 Å². The number of carbonyl (C=O) groups excluding carboxylic acids is 1. The molecule has 2 aromatic rings. The Kier molecular flexibility index (Phi) is 6.24. The van der Waals surface area contributed by atoms with Gasteiger partial charge in [0.05, 0.1) is 13.7 Å². The highest BCUT2D eigenvalue weighted by molar-refractivity contribution is 5.94. The molecule has 0 saturated heterocycles. The van der Waals surface area contributed by atoms with Gasteiger partial charge in [-0.2, -0.15) is 0 Å². The van der Waals surface area contributed by atoms with E-state index in [2.05, 4.69) is 5.32 Å². The summed E-state index contributed by atoms with van der Waals surface area (Å²) in [5.74, 6) is 1.57. The Morgan fingerprint density at radius 3 is 2.67 bits per heavy atom. The summed E-state index contributed by atoms with van der Waals surface area (Å²) in [7, 11) is 1.65. The van der Waals surface area contributed by atoms with Crippen LogP contribution < -0.4 is 14.8 Å². The first-order valence-corrected chi connectivity index (χ1v) is 8.20. The molecule has 0 fully saturated rings. The molecule has 0 aromatic heterocycles. The van der Waals surface area contributed by atoms with Crippen molar-refractivity contribution in [3.05, 3.63) is 59.2 Å². The molecule has 1 N–H and O–H groups in total. The van der Waals surface area contributed by atoms with Crippen molar-refractivity contribution in [3.8, 4) is 11.5 Å². The first kappa shape index (κ1) is 17.9. The molecule has 0 radical (unpaired) electrons. The molecule has 4 heteroatoms. The number of hydrogen-bond donors (Lipinski definition) is 1. The molecule has 1 atom stereocenters. The van der Waals surface area contributed by atoms with E-state index in [0.717, 1.165) is 29.0 Å². The minimum Gasteiger partial charge on any atom is -0.497 e. The fourth-order valence-electron chi connectivity index (χ4n) is 2.62. The predicted molar refractivity (Wildman–Crippen MR) is 96.0 cm³/mol. The Morgan fingerprint density at radius 2 is 2.00 bits per heavy atom. The third-order valence-electron chi connectivity index (χ3n) is 3.79. The smallest absolute Gasteiger partial charge is 0.251 e. The zero-order chi connectivity index (χ0) is 17.5. The highest BCUT2D eigenvalue weighted by Gasteiger charge is 2.12. The lowest BCUT2D eigenvalue weighted by Gasteiger charge is -2.15. The lowest BCUT2D eigenvalue weighted by Crippen LogP contribution is -2.34. The SMILES string of the molecule is CCOc1ccc(C(=O)NC(C)Cc2cccc(OC)c2)cc1C. The van der Waals surface area contributed by atoms with Gasteiger partial charge in [-0.3, -0.25) is 4.79 Å². The van der Waals surface area contributed by atoms with Crippen molar-refractivity contribution in [2.75, 3.05) is 13.7 Å². The second-order valence-electron chi connectivity index (χ2n) is 5.84. The fraction of sp³-hybridized carbons (Fsp3) is 0.350. The third kappa shape index (κ3) is 4.75. The van der Waals surface area contributed by atoms with Crippen LogP contribution in [0, 0.1) is 6.92 Å². The Balaban J connectivity index is 1.99. The second kappa shape index (κ2) is 8.39. The Bertz CT molecular complexity index is 697. The number of hydrogen-bond acceptors (Lipinski definition) is 3. The Morgan fingerprint density at radius 1 is 1.21 bits per heavy atom. The van der Waals surface area contributed by atoms with Crippen LogP contribution in [0.2, 0.25) is 0 Å². The molecule has 128 valence electrons. The van der Waals surface area contributed by atoms with Crippen molar-refractivity contribution in [2.24, 2.45) is 0 Å². The summed E-state index contributed by atoms with van der Waals surface area (Å²) in [5.41, 5.74) is 2.74. The van der Waals surface area contributed by atoms with E-state index in [1.54, 1.807) is 13.2 Å². The van der Waals surface area contributed by atoms with Crippen LogP contribution in [0.25, 0.3) is 0 Å².